The van der Waals surface area contributed by atoms with Gasteiger partial charge in [0.2, 0.25) is 0 Å². The van der Waals surface area contributed by atoms with E-state index in [1.165, 1.54) is 16.0 Å². The third-order valence-electron chi connectivity index (χ3n) is 3.61. The standard InChI is InChI=1S/C17H22N2OS/c1-13(15-6-4-3-5-7-15)8-10-18-17(20)19-12-16-14(2)9-11-21-16/h3-7,9,11,13H,8,10,12H2,1-2H3,(H2,18,19,20). The number of carbonyl (C=O) groups is 1. The second-order valence-corrected chi connectivity index (χ2v) is 6.24. The van der Waals surface area contributed by atoms with Crippen LogP contribution in [0.25, 0.3) is 0 Å². The van der Waals surface area contributed by atoms with E-state index in [0.29, 0.717) is 19.0 Å². The van der Waals surface area contributed by atoms with Gasteiger partial charge in [-0.1, -0.05) is 37.3 Å². The SMILES string of the molecule is Cc1ccsc1CNC(=O)NCCC(C)c1ccccc1. The Kier molecular flexibility index (Phi) is 5.81. The molecule has 0 aliphatic heterocycles. The maximum atomic E-state index is 11.7. The van der Waals surface area contributed by atoms with Crippen LogP contribution in [0.15, 0.2) is 41.8 Å². The van der Waals surface area contributed by atoms with Crippen LogP contribution in [0.1, 0.15) is 35.3 Å². The van der Waals surface area contributed by atoms with Crippen molar-refractivity contribution in [2.75, 3.05) is 6.54 Å². The Balaban J connectivity index is 1.66. The van der Waals surface area contributed by atoms with Gasteiger partial charge in [-0.2, -0.15) is 0 Å². The fourth-order valence-electron chi connectivity index (χ4n) is 2.16. The van der Waals surface area contributed by atoms with Crippen molar-refractivity contribution in [2.45, 2.75) is 32.7 Å². The van der Waals surface area contributed by atoms with Crippen molar-refractivity contribution in [3.8, 4) is 0 Å². The lowest BCUT2D eigenvalue weighted by atomic mass is 9.98. The zero-order valence-electron chi connectivity index (χ0n) is 12.6. The van der Waals surface area contributed by atoms with Crippen LogP contribution in [-0.2, 0) is 6.54 Å². The molecule has 0 saturated carbocycles. The Bertz CT molecular complexity index is 565. The van der Waals surface area contributed by atoms with Crippen molar-refractivity contribution < 1.29 is 4.79 Å². The number of hydrogen-bond donors (Lipinski definition) is 2. The van der Waals surface area contributed by atoms with Crippen LogP contribution in [0.2, 0.25) is 0 Å². The summed E-state index contributed by atoms with van der Waals surface area (Å²) in [5.41, 5.74) is 2.55. The topological polar surface area (TPSA) is 41.1 Å². The van der Waals surface area contributed by atoms with Crippen LogP contribution >= 0.6 is 11.3 Å². The average Bonchev–Trinajstić information content (AvgIpc) is 2.91. The number of hydrogen-bond acceptors (Lipinski definition) is 2. The number of amides is 2. The highest BCUT2D eigenvalue weighted by Gasteiger charge is 2.06. The molecule has 0 aliphatic carbocycles. The van der Waals surface area contributed by atoms with Crippen molar-refractivity contribution in [3.63, 3.8) is 0 Å². The van der Waals surface area contributed by atoms with Crippen LogP contribution in [0.5, 0.6) is 0 Å². The number of nitrogens with one attached hydrogen (secondary N) is 2. The molecule has 1 aromatic heterocycles. The summed E-state index contributed by atoms with van der Waals surface area (Å²) in [6.07, 6.45) is 0.940. The first-order valence-electron chi connectivity index (χ1n) is 7.26. The van der Waals surface area contributed by atoms with Gasteiger partial charge in [-0.25, -0.2) is 4.79 Å². The third-order valence-corrected chi connectivity index (χ3v) is 4.63. The summed E-state index contributed by atoms with van der Waals surface area (Å²) in [7, 11) is 0. The number of benzene rings is 1. The number of thiophene rings is 1. The number of urea groups is 1. The molecule has 4 heteroatoms. The Morgan fingerprint density at radius 2 is 1.95 bits per heavy atom. The van der Waals surface area contributed by atoms with Gasteiger partial charge >= 0.3 is 6.03 Å². The van der Waals surface area contributed by atoms with E-state index in [1.807, 2.05) is 11.4 Å². The molecule has 0 aliphatic rings. The van der Waals surface area contributed by atoms with E-state index in [2.05, 4.69) is 54.8 Å². The highest BCUT2D eigenvalue weighted by atomic mass is 32.1. The smallest absolute Gasteiger partial charge is 0.315 e. The van der Waals surface area contributed by atoms with Crippen LogP contribution in [0.4, 0.5) is 4.79 Å². The normalized spacial score (nSPS) is 11.9. The van der Waals surface area contributed by atoms with E-state index in [1.54, 1.807) is 11.3 Å². The molecule has 1 heterocycles. The molecule has 2 N–H and O–H groups in total. The summed E-state index contributed by atoms with van der Waals surface area (Å²) in [4.78, 5) is 13.0. The summed E-state index contributed by atoms with van der Waals surface area (Å²) < 4.78 is 0. The van der Waals surface area contributed by atoms with Gasteiger partial charge in [-0.15, -0.1) is 11.3 Å². The fraction of sp³-hybridized carbons (Fsp3) is 0.353. The van der Waals surface area contributed by atoms with E-state index < -0.39 is 0 Å². The van der Waals surface area contributed by atoms with Gasteiger partial charge in [-0.05, 0) is 41.8 Å². The number of aryl methyl sites for hydroxylation is 1. The third kappa shape index (κ3) is 4.90. The maximum Gasteiger partial charge on any atom is 0.315 e. The largest absolute Gasteiger partial charge is 0.338 e. The first-order chi connectivity index (χ1) is 10.2. The molecule has 0 spiro atoms. The fourth-order valence-corrected chi connectivity index (χ4v) is 3.00. The van der Waals surface area contributed by atoms with Gasteiger partial charge in [0.25, 0.3) is 0 Å². The number of carbonyl (C=O) groups excluding carboxylic acids is 1. The van der Waals surface area contributed by atoms with Crippen molar-refractivity contribution in [3.05, 3.63) is 57.8 Å². The first kappa shape index (κ1) is 15.6. The predicted molar refractivity (Wildman–Crippen MR) is 88.8 cm³/mol. The summed E-state index contributed by atoms with van der Waals surface area (Å²) in [6.45, 7) is 5.53. The van der Waals surface area contributed by atoms with E-state index in [9.17, 15) is 4.79 Å². The van der Waals surface area contributed by atoms with Crippen LogP contribution in [0, 0.1) is 6.92 Å². The molecule has 2 rings (SSSR count). The highest BCUT2D eigenvalue weighted by molar-refractivity contribution is 7.10. The molecule has 1 atom stereocenters. The minimum atomic E-state index is -0.0944. The molecular formula is C17H22N2OS. The highest BCUT2D eigenvalue weighted by Crippen LogP contribution is 2.17. The Morgan fingerprint density at radius 3 is 2.62 bits per heavy atom. The molecule has 21 heavy (non-hydrogen) atoms. The Labute approximate surface area is 130 Å². The molecule has 1 unspecified atom stereocenters. The van der Waals surface area contributed by atoms with Crippen LogP contribution in [0.3, 0.4) is 0 Å². The van der Waals surface area contributed by atoms with Crippen molar-refractivity contribution in [1.29, 1.82) is 0 Å². The minimum absolute atomic E-state index is 0.0944. The lowest BCUT2D eigenvalue weighted by molar-refractivity contribution is 0.240. The van der Waals surface area contributed by atoms with Gasteiger partial charge in [0.05, 0.1) is 6.54 Å². The molecule has 2 aromatic rings. The Morgan fingerprint density at radius 1 is 1.19 bits per heavy atom. The summed E-state index contributed by atoms with van der Waals surface area (Å²) in [5.74, 6) is 0.450. The van der Waals surface area contributed by atoms with Gasteiger partial charge < -0.3 is 10.6 Å². The van der Waals surface area contributed by atoms with E-state index in [-0.39, 0.29) is 6.03 Å². The van der Waals surface area contributed by atoms with Crippen molar-refractivity contribution in [2.24, 2.45) is 0 Å². The number of rotatable bonds is 6. The molecule has 0 radical (unpaired) electrons. The molecule has 0 fully saturated rings. The van der Waals surface area contributed by atoms with Crippen LogP contribution in [-0.4, -0.2) is 12.6 Å². The van der Waals surface area contributed by atoms with Gasteiger partial charge in [0.15, 0.2) is 0 Å². The van der Waals surface area contributed by atoms with Crippen LogP contribution < -0.4 is 10.6 Å². The summed E-state index contributed by atoms with van der Waals surface area (Å²) >= 11 is 1.68. The van der Waals surface area contributed by atoms with Crippen molar-refractivity contribution in [1.82, 2.24) is 10.6 Å². The zero-order valence-corrected chi connectivity index (χ0v) is 13.4. The van der Waals surface area contributed by atoms with Gasteiger partial charge in [0, 0.05) is 11.4 Å². The van der Waals surface area contributed by atoms with E-state index >= 15 is 0 Å². The maximum absolute atomic E-state index is 11.7. The van der Waals surface area contributed by atoms with E-state index in [4.69, 9.17) is 0 Å². The second kappa shape index (κ2) is 7.84. The quantitative estimate of drug-likeness (QED) is 0.830. The summed E-state index contributed by atoms with van der Waals surface area (Å²) in [6, 6.07) is 12.4. The molecule has 2 amide bonds. The molecule has 112 valence electrons. The molecule has 0 saturated heterocycles. The monoisotopic (exact) mass is 302 g/mol. The first-order valence-corrected chi connectivity index (χ1v) is 8.14. The Hall–Kier alpha value is -1.81. The second-order valence-electron chi connectivity index (χ2n) is 5.24. The molecule has 1 aromatic carbocycles. The van der Waals surface area contributed by atoms with Crippen molar-refractivity contribution >= 4 is 17.4 Å². The molecule has 0 bridgehead atoms. The molecule has 3 nitrogen and oxygen atoms in total. The lowest BCUT2D eigenvalue weighted by Crippen LogP contribution is -2.35. The minimum Gasteiger partial charge on any atom is -0.338 e. The zero-order chi connectivity index (χ0) is 15.1. The predicted octanol–water partition coefficient (Wildman–Crippen LogP) is 4.05. The van der Waals surface area contributed by atoms with E-state index in [0.717, 1.165) is 6.42 Å². The van der Waals surface area contributed by atoms with Gasteiger partial charge in [-0.3, -0.25) is 0 Å². The summed E-state index contributed by atoms with van der Waals surface area (Å²) in [5, 5.41) is 7.87. The average molecular weight is 302 g/mol. The lowest BCUT2D eigenvalue weighted by Gasteiger charge is -2.13. The molecular weight excluding hydrogens is 280 g/mol. The van der Waals surface area contributed by atoms with Gasteiger partial charge in [0.1, 0.15) is 0 Å².